The van der Waals surface area contributed by atoms with Crippen LogP contribution >= 0.6 is 15.9 Å². The summed E-state index contributed by atoms with van der Waals surface area (Å²) in [6, 6.07) is 6.21. The molecular weight excluding hydrogens is 240 g/mol. The first-order chi connectivity index (χ1) is 6.75. The second kappa shape index (κ2) is 4.35. The first kappa shape index (κ1) is 10.0. The van der Waals surface area contributed by atoms with Gasteiger partial charge in [0.2, 0.25) is 0 Å². The summed E-state index contributed by atoms with van der Waals surface area (Å²) < 4.78 is 7.05. The number of benzene rings is 1. The fraction of sp³-hybridized carbons (Fsp3) is 0.500. The van der Waals surface area contributed by atoms with Crippen LogP contribution in [0.4, 0.5) is 0 Å². The van der Waals surface area contributed by atoms with Crippen molar-refractivity contribution in [2.75, 3.05) is 0 Å². The van der Waals surface area contributed by atoms with E-state index in [1.165, 1.54) is 31.2 Å². The summed E-state index contributed by atoms with van der Waals surface area (Å²) in [7, 11) is 0. The van der Waals surface area contributed by atoms with Crippen LogP contribution < -0.4 is 4.74 Å². The van der Waals surface area contributed by atoms with E-state index in [9.17, 15) is 0 Å². The van der Waals surface area contributed by atoms with Crippen molar-refractivity contribution in [3.8, 4) is 5.75 Å². The molecule has 0 N–H and O–H groups in total. The summed E-state index contributed by atoms with van der Waals surface area (Å²) >= 11 is 3.47. The van der Waals surface area contributed by atoms with Gasteiger partial charge in [-0.25, -0.2) is 0 Å². The Bertz CT molecular complexity index is 316. The largest absolute Gasteiger partial charge is 0.490 e. The van der Waals surface area contributed by atoms with Crippen LogP contribution in [0.5, 0.6) is 5.75 Å². The number of hydrogen-bond donors (Lipinski definition) is 0. The molecule has 0 saturated heterocycles. The third kappa shape index (κ3) is 2.30. The molecule has 0 amide bonds. The van der Waals surface area contributed by atoms with Crippen LogP contribution in [0.25, 0.3) is 0 Å². The van der Waals surface area contributed by atoms with E-state index in [1.54, 1.807) is 0 Å². The molecule has 0 heterocycles. The van der Waals surface area contributed by atoms with Crippen LogP contribution in [0.2, 0.25) is 0 Å². The predicted molar refractivity (Wildman–Crippen MR) is 61.8 cm³/mol. The summed E-state index contributed by atoms with van der Waals surface area (Å²) in [5.74, 6) is 1.03. The van der Waals surface area contributed by atoms with Gasteiger partial charge in [0.05, 0.1) is 6.10 Å². The molecule has 0 bridgehead atoms. The molecule has 14 heavy (non-hydrogen) atoms. The fourth-order valence-corrected chi connectivity index (χ4v) is 2.23. The summed E-state index contributed by atoms with van der Waals surface area (Å²) in [6.07, 6.45) is 5.51. The average molecular weight is 255 g/mol. The summed E-state index contributed by atoms with van der Waals surface area (Å²) in [4.78, 5) is 0. The molecule has 1 aromatic rings. The molecule has 1 aliphatic rings. The van der Waals surface area contributed by atoms with Gasteiger partial charge in [-0.2, -0.15) is 0 Å². The van der Waals surface area contributed by atoms with Gasteiger partial charge in [0, 0.05) is 4.47 Å². The Morgan fingerprint density at radius 2 is 2.00 bits per heavy atom. The topological polar surface area (TPSA) is 9.23 Å². The Morgan fingerprint density at radius 3 is 2.71 bits per heavy atom. The normalized spacial score (nSPS) is 17.3. The van der Waals surface area contributed by atoms with Crippen molar-refractivity contribution >= 4 is 15.9 Å². The van der Waals surface area contributed by atoms with Crippen LogP contribution in [0.1, 0.15) is 31.2 Å². The molecule has 76 valence electrons. The lowest BCUT2D eigenvalue weighted by molar-refractivity contribution is 0.208. The second-order valence-electron chi connectivity index (χ2n) is 3.93. The lowest BCUT2D eigenvalue weighted by atomic mass is 10.2. The first-order valence-electron chi connectivity index (χ1n) is 5.18. The van der Waals surface area contributed by atoms with Gasteiger partial charge in [0.1, 0.15) is 5.75 Å². The number of rotatable bonds is 2. The Morgan fingerprint density at radius 1 is 1.29 bits per heavy atom. The number of ether oxygens (including phenoxy) is 1. The van der Waals surface area contributed by atoms with E-state index in [2.05, 4.69) is 41.1 Å². The smallest absolute Gasteiger partial charge is 0.123 e. The second-order valence-corrected chi connectivity index (χ2v) is 4.85. The molecule has 1 aliphatic carbocycles. The Hall–Kier alpha value is -0.500. The zero-order chi connectivity index (χ0) is 9.97. The highest BCUT2D eigenvalue weighted by molar-refractivity contribution is 9.10. The molecule has 1 fully saturated rings. The minimum atomic E-state index is 0.447. The van der Waals surface area contributed by atoms with Crippen LogP contribution in [0.3, 0.4) is 0 Å². The number of aryl methyl sites for hydroxylation is 1. The van der Waals surface area contributed by atoms with Gasteiger partial charge in [-0.1, -0.05) is 22.0 Å². The molecule has 0 aromatic heterocycles. The van der Waals surface area contributed by atoms with Crippen LogP contribution in [-0.2, 0) is 0 Å². The van der Waals surface area contributed by atoms with Gasteiger partial charge < -0.3 is 4.74 Å². The van der Waals surface area contributed by atoms with E-state index < -0.39 is 0 Å². The van der Waals surface area contributed by atoms with Crippen molar-refractivity contribution in [1.29, 1.82) is 0 Å². The van der Waals surface area contributed by atoms with Crippen molar-refractivity contribution in [2.45, 2.75) is 38.7 Å². The van der Waals surface area contributed by atoms with E-state index in [-0.39, 0.29) is 0 Å². The maximum atomic E-state index is 5.96. The van der Waals surface area contributed by atoms with E-state index >= 15 is 0 Å². The lowest BCUT2D eigenvalue weighted by Crippen LogP contribution is -2.11. The summed E-state index contributed by atoms with van der Waals surface area (Å²) in [5, 5.41) is 0. The molecule has 0 spiro atoms. The number of halogens is 1. The molecule has 0 atom stereocenters. The zero-order valence-electron chi connectivity index (χ0n) is 8.42. The van der Waals surface area contributed by atoms with Gasteiger partial charge in [-0.05, 0) is 50.3 Å². The maximum absolute atomic E-state index is 5.96. The zero-order valence-corrected chi connectivity index (χ0v) is 10.0. The Kier molecular flexibility index (Phi) is 3.12. The van der Waals surface area contributed by atoms with Gasteiger partial charge in [-0.15, -0.1) is 0 Å². The molecule has 0 radical (unpaired) electrons. The van der Waals surface area contributed by atoms with Crippen molar-refractivity contribution < 1.29 is 4.74 Å². The highest BCUT2D eigenvalue weighted by Gasteiger charge is 2.17. The minimum Gasteiger partial charge on any atom is -0.490 e. The van der Waals surface area contributed by atoms with Gasteiger partial charge >= 0.3 is 0 Å². The molecule has 1 aromatic carbocycles. The molecule has 2 heteroatoms. The van der Waals surface area contributed by atoms with E-state index in [1.807, 2.05) is 0 Å². The highest BCUT2D eigenvalue weighted by atomic mass is 79.9. The molecule has 2 rings (SSSR count). The Balaban J connectivity index is 2.10. The van der Waals surface area contributed by atoms with E-state index in [4.69, 9.17) is 4.74 Å². The standard InChI is InChI=1S/C12H15BrO/c1-9-6-7-10(13)8-12(9)14-11-4-2-3-5-11/h6-8,11H,2-5H2,1H3. The van der Waals surface area contributed by atoms with Crippen molar-refractivity contribution in [3.63, 3.8) is 0 Å². The average Bonchev–Trinajstić information content (AvgIpc) is 2.64. The lowest BCUT2D eigenvalue weighted by Gasteiger charge is -2.15. The fourth-order valence-electron chi connectivity index (χ4n) is 1.89. The number of hydrogen-bond acceptors (Lipinski definition) is 1. The Labute approximate surface area is 93.6 Å². The summed E-state index contributed by atoms with van der Waals surface area (Å²) in [5.41, 5.74) is 1.22. The van der Waals surface area contributed by atoms with Crippen molar-refractivity contribution in [3.05, 3.63) is 28.2 Å². The van der Waals surface area contributed by atoms with Crippen LogP contribution in [0, 0.1) is 6.92 Å². The molecular formula is C12H15BrO. The van der Waals surface area contributed by atoms with Gasteiger partial charge in [-0.3, -0.25) is 0 Å². The van der Waals surface area contributed by atoms with Crippen LogP contribution in [-0.4, -0.2) is 6.10 Å². The molecule has 1 saturated carbocycles. The predicted octanol–water partition coefficient (Wildman–Crippen LogP) is 4.08. The van der Waals surface area contributed by atoms with E-state index in [0.717, 1.165) is 10.2 Å². The monoisotopic (exact) mass is 254 g/mol. The molecule has 0 aliphatic heterocycles. The maximum Gasteiger partial charge on any atom is 0.123 e. The quantitative estimate of drug-likeness (QED) is 0.773. The van der Waals surface area contributed by atoms with Gasteiger partial charge in [0.25, 0.3) is 0 Å². The van der Waals surface area contributed by atoms with E-state index in [0.29, 0.717) is 6.10 Å². The van der Waals surface area contributed by atoms with Crippen molar-refractivity contribution in [2.24, 2.45) is 0 Å². The SMILES string of the molecule is Cc1ccc(Br)cc1OC1CCCC1. The molecule has 0 unspecified atom stereocenters. The minimum absolute atomic E-state index is 0.447. The first-order valence-corrected chi connectivity index (χ1v) is 5.98. The van der Waals surface area contributed by atoms with Crippen molar-refractivity contribution in [1.82, 2.24) is 0 Å². The molecule has 1 nitrogen and oxygen atoms in total. The van der Waals surface area contributed by atoms with Crippen LogP contribution in [0.15, 0.2) is 22.7 Å². The highest BCUT2D eigenvalue weighted by Crippen LogP contribution is 2.28. The van der Waals surface area contributed by atoms with Gasteiger partial charge in [0.15, 0.2) is 0 Å². The summed E-state index contributed by atoms with van der Waals surface area (Å²) in [6.45, 7) is 2.09. The third-order valence-corrected chi connectivity index (χ3v) is 3.24. The third-order valence-electron chi connectivity index (χ3n) is 2.75.